The fraction of sp³-hybridized carbons (Fsp3) is 0.250. The zero-order valence-corrected chi connectivity index (χ0v) is 14.2. The Hall–Kier alpha value is -1.98. The molecule has 7 heteroatoms. The third kappa shape index (κ3) is 4.27. The first-order valence-electron chi connectivity index (χ1n) is 7.06. The maximum Gasteiger partial charge on any atom is 0.287 e. The second-order valence-corrected chi connectivity index (χ2v) is 5.72. The normalized spacial score (nSPS) is 11.8. The van der Waals surface area contributed by atoms with E-state index in [-0.39, 0.29) is 11.7 Å². The van der Waals surface area contributed by atoms with Gasteiger partial charge in [-0.3, -0.25) is 9.59 Å². The van der Waals surface area contributed by atoms with E-state index in [0.717, 1.165) is 0 Å². The quantitative estimate of drug-likeness (QED) is 0.862. The van der Waals surface area contributed by atoms with E-state index < -0.39 is 11.9 Å². The van der Waals surface area contributed by atoms with Gasteiger partial charge in [-0.1, -0.05) is 23.2 Å². The Morgan fingerprint density at radius 1 is 1.22 bits per heavy atom. The van der Waals surface area contributed by atoms with Crippen LogP contribution in [-0.4, -0.2) is 24.4 Å². The number of likely N-dealkylation sites (N-methyl/N-ethyl adjacent to an activating group) is 1. The minimum absolute atomic E-state index is 0.0900. The van der Waals surface area contributed by atoms with Gasteiger partial charge in [0, 0.05) is 17.1 Å². The van der Waals surface area contributed by atoms with Gasteiger partial charge in [0.25, 0.3) is 5.91 Å². The Kier molecular flexibility index (Phi) is 5.69. The van der Waals surface area contributed by atoms with Gasteiger partial charge >= 0.3 is 0 Å². The minimum Gasteiger partial charge on any atom is -0.451 e. The summed E-state index contributed by atoms with van der Waals surface area (Å²) in [7, 11) is 0. The van der Waals surface area contributed by atoms with Gasteiger partial charge in [0.05, 0.1) is 5.02 Å². The number of nitrogens with one attached hydrogen (secondary N) is 2. The van der Waals surface area contributed by atoms with Crippen molar-refractivity contribution in [1.29, 1.82) is 0 Å². The summed E-state index contributed by atoms with van der Waals surface area (Å²) in [5.74, 6) is -0.223. The van der Waals surface area contributed by atoms with Gasteiger partial charge in [0.2, 0.25) is 5.91 Å². The summed E-state index contributed by atoms with van der Waals surface area (Å²) in [6.07, 6.45) is 0. The smallest absolute Gasteiger partial charge is 0.287 e. The number of benzene rings is 1. The first kappa shape index (κ1) is 17.4. The molecule has 23 heavy (non-hydrogen) atoms. The highest BCUT2D eigenvalue weighted by Gasteiger charge is 2.19. The molecule has 0 radical (unpaired) electrons. The van der Waals surface area contributed by atoms with Crippen molar-refractivity contribution in [2.75, 3.05) is 6.54 Å². The number of halogens is 2. The summed E-state index contributed by atoms with van der Waals surface area (Å²) < 4.78 is 5.52. The topological polar surface area (TPSA) is 71.3 Å². The van der Waals surface area contributed by atoms with E-state index in [1.807, 2.05) is 0 Å². The number of hydrogen-bond acceptors (Lipinski definition) is 3. The maximum absolute atomic E-state index is 12.1. The first-order chi connectivity index (χ1) is 10.9. The van der Waals surface area contributed by atoms with Crippen molar-refractivity contribution in [2.45, 2.75) is 19.9 Å². The number of hydrogen-bond donors (Lipinski definition) is 2. The van der Waals surface area contributed by atoms with E-state index >= 15 is 0 Å². The summed E-state index contributed by atoms with van der Waals surface area (Å²) in [5, 5.41) is 6.17. The number of rotatable bonds is 5. The Bertz CT molecular complexity index is 728. The molecule has 0 aliphatic rings. The number of amides is 2. The highest BCUT2D eigenvalue weighted by atomic mass is 35.5. The van der Waals surface area contributed by atoms with Crippen LogP contribution in [0.4, 0.5) is 0 Å². The lowest BCUT2D eigenvalue weighted by Crippen LogP contribution is -2.44. The van der Waals surface area contributed by atoms with E-state index in [1.165, 1.54) is 6.07 Å². The van der Waals surface area contributed by atoms with Crippen LogP contribution >= 0.6 is 23.2 Å². The van der Waals surface area contributed by atoms with Gasteiger partial charge in [-0.15, -0.1) is 0 Å². The van der Waals surface area contributed by atoms with E-state index in [2.05, 4.69) is 10.6 Å². The lowest BCUT2D eigenvalue weighted by atomic mass is 10.2. The molecule has 0 saturated heterocycles. The highest BCUT2D eigenvalue weighted by molar-refractivity contribution is 6.35. The van der Waals surface area contributed by atoms with Crippen molar-refractivity contribution >= 4 is 35.0 Å². The average molecular weight is 355 g/mol. The summed E-state index contributed by atoms with van der Waals surface area (Å²) >= 11 is 12.1. The van der Waals surface area contributed by atoms with Crippen LogP contribution in [0.5, 0.6) is 0 Å². The molecule has 0 spiro atoms. The number of furan rings is 1. The summed E-state index contributed by atoms with van der Waals surface area (Å²) in [6, 6.07) is 7.46. The van der Waals surface area contributed by atoms with Crippen molar-refractivity contribution < 1.29 is 14.0 Å². The predicted molar refractivity (Wildman–Crippen MR) is 89.8 cm³/mol. The molecule has 1 aromatic carbocycles. The van der Waals surface area contributed by atoms with Crippen molar-refractivity contribution in [1.82, 2.24) is 10.6 Å². The molecule has 0 aliphatic carbocycles. The van der Waals surface area contributed by atoms with Crippen LogP contribution in [0.15, 0.2) is 34.7 Å². The highest BCUT2D eigenvalue weighted by Crippen LogP contribution is 2.31. The molecule has 2 amide bonds. The molecule has 1 aromatic heterocycles. The molecule has 2 rings (SSSR count). The molecule has 0 unspecified atom stereocenters. The van der Waals surface area contributed by atoms with Gasteiger partial charge in [-0.05, 0) is 44.2 Å². The minimum atomic E-state index is -0.661. The van der Waals surface area contributed by atoms with Crippen LogP contribution in [0.3, 0.4) is 0 Å². The summed E-state index contributed by atoms with van der Waals surface area (Å²) in [6.45, 7) is 3.90. The second-order valence-electron chi connectivity index (χ2n) is 4.88. The molecular weight excluding hydrogens is 339 g/mol. The van der Waals surface area contributed by atoms with Gasteiger partial charge in [0.15, 0.2) is 5.76 Å². The van der Waals surface area contributed by atoms with Crippen molar-refractivity contribution in [3.8, 4) is 11.3 Å². The molecule has 0 fully saturated rings. The van der Waals surface area contributed by atoms with E-state index in [9.17, 15) is 9.59 Å². The molecule has 122 valence electrons. The van der Waals surface area contributed by atoms with Crippen LogP contribution in [0.1, 0.15) is 24.4 Å². The zero-order chi connectivity index (χ0) is 17.0. The third-order valence-corrected chi connectivity index (χ3v) is 3.68. The molecule has 0 bridgehead atoms. The molecule has 5 nitrogen and oxygen atoms in total. The van der Waals surface area contributed by atoms with Crippen LogP contribution in [-0.2, 0) is 4.79 Å². The lowest BCUT2D eigenvalue weighted by Gasteiger charge is -2.12. The zero-order valence-electron chi connectivity index (χ0n) is 12.7. The lowest BCUT2D eigenvalue weighted by molar-refractivity contribution is -0.122. The molecule has 2 aromatic rings. The van der Waals surface area contributed by atoms with Crippen LogP contribution < -0.4 is 10.6 Å². The van der Waals surface area contributed by atoms with E-state index in [4.69, 9.17) is 27.6 Å². The van der Waals surface area contributed by atoms with Crippen LogP contribution in [0, 0.1) is 0 Å². The SMILES string of the molecule is CCNC(=O)[C@@H](C)NC(=O)c1ccc(-c2cc(Cl)ccc2Cl)o1. The third-order valence-electron chi connectivity index (χ3n) is 3.12. The Labute approximate surface area is 144 Å². The standard InChI is InChI=1S/C16H16Cl2N2O3/c1-3-19-15(21)9(2)20-16(22)14-7-6-13(23-14)11-8-10(17)4-5-12(11)18/h4-9H,3H2,1-2H3,(H,19,21)(H,20,22)/t9-/m1/s1. The average Bonchev–Trinajstić information content (AvgIpc) is 2.99. The number of carbonyl (C=O) groups is 2. The molecule has 0 aliphatic heterocycles. The molecule has 0 saturated carbocycles. The van der Waals surface area contributed by atoms with Crippen molar-refractivity contribution in [3.05, 3.63) is 46.1 Å². The fourth-order valence-corrected chi connectivity index (χ4v) is 2.33. The molecule has 1 heterocycles. The molecule has 2 N–H and O–H groups in total. The summed E-state index contributed by atoms with van der Waals surface area (Å²) in [5.41, 5.74) is 0.593. The first-order valence-corrected chi connectivity index (χ1v) is 7.81. The molecular formula is C16H16Cl2N2O3. The maximum atomic E-state index is 12.1. The Balaban J connectivity index is 2.14. The van der Waals surface area contributed by atoms with E-state index in [1.54, 1.807) is 38.1 Å². The van der Waals surface area contributed by atoms with Gasteiger partial charge < -0.3 is 15.1 Å². The predicted octanol–water partition coefficient (Wildman–Crippen LogP) is 3.51. The van der Waals surface area contributed by atoms with Crippen molar-refractivity contribution in [3.63, 3.8) is 0 Å². The summed E-state index contributed by atoms with van der Waals surface area (Å²) in [4.78, 5) is 23.7. The van der Waals surface area contributed by atoms with Gasteiger partial charge in [-0.25, -0.2) is 0 Å². The monoisotopic (exact) mass is 354 g/mol. The fourth-order valence-electron chi connectivity index (χ4n) is 1.95. The van der Waals surface area contributed by atoms with Crippen LogP contribution in [0.2, 0.25) is 10.0 Å². The Morgan fingerprint density at radius 3 is 2.65 bits per heavy atom. The molecule has 1 atom stereocenters. The van der Waals surface area contributed by atoms with Gasteiger partial charge in [-0.2, -0.15) is 0 Å². The Morgan fingerprint density at radius 2 is 1.96 bits per heavy atom. The number of carbonyl (C=O) groups excluding carboxylic acids is 2. The van der Waals surface area contributed by atoms with E-state index in [0.29, 0.717) is 27.9 Å². The van der Waals surface area contributed by atoms with Crippen LogP contribution in [0.25, 0.3) is 11.3 Å². The van der Waals surface area contributed by atoms with Crippen molar-refractivity contribution in [2.24, 2.45) is 0 Å². The van der Waals surface area contributed by atoms with Gasteiger partial charge in [0.1, 0.15) is 11.8 Å². The second kappa shape index (κ2) is 7.53. The largest absolute Gasteiger partial charge is 0.451 e.